The maximum atomic E-state index is 12.2. The van der Waals surface area contributed by atoms with Crippen molar-refractivity contribution in [3.8, 4) is 0 Å². The number of carbonyl (C=O) groups excluding carboxylic acids is 3. The van der Waals surface area contributed by atoms with Crippen LogP contribution in [0.2, 0.25) is 0 Å². The van der Waals surface area contributed by atoms with E-state index in [-0.39, 0.29) is 0 Å². The van der Waals surface area contributed by atoms with Crippen molar-refractivity contribution in [2.45, 2.75) is 73.2 Å². The zero-order valence-electron chi connectivity index (χ0n) is 20.2. The molecule has 236 valence electrons. The number of hydrogen-bond acceptors (Lipinski definition) is 21. The Balaban J connectivity index is 5.86. The minimum absolute atomic E-state index is 1.15. The number of hydrogen-bond donors (Lipinski definition) is 15. The summed E-state index contributed by atoms with van der Waals surface area (Å²) in [7, 11) is 0. The summed E-state index contributed by atoms with van der Waals surface area (Å²) in [6.07, 6.45) is -29.4. The van der Waals surface area contributed by atoms with Crippen LogP contribution in [0.15, 0.2) is 0 Å². The Morgan fingerprint density at radius 1 is 0.425 bits per heavy atom. The summed E-state index contributed by atoms with van der Waals surface area (Å²) < 4.78 is 13.4. The molecule has 0 saturated heterocycles. The molecule has 0 amide bonds. The van der Waals surface area contributed by atoms with Gasteiger partial charge < -0.3 is 0 Å². The van der Waals surface area contributed by atoms with Crippen LogP contribution < -0.4 is 0 Å². The molecule has 0 aliphatic rings. The first-order chi connectivity index (χ1) is 18.5. The van der Waals surface area contributed by atoms with Crippen LogP contribution in [0.5, 0.6) is 0 Å². The van der Waals surface area contributed by atoms with Gasteiger partial charge in [-0.05, 0) is 0 Å². The van der Waals surface area contributed by atoms with E-state index < -0.39 is 134 Å². The third-order valence-electron chi connectivity index (χ3n) is 4.98. The monoisotopic (exact) mass is 794 g/mol. The van der Waals surface area contributed by atoms with Gasteiger partial charge >= 0.3 is 233 Å². The molecule has 0 spiro atoms. The van der Waals surface area contributed by atoms with E-state index in [0.29, 0.717) is 0 Å². The second-order valence-electron chi connectivity index (χ2n) is 7.98. The van der Waals surface area contributed by atoms with Crippen LogP contribution in [0, 0.1) is 0 Å². The Kier molecular flexibility index (Phi) is 17.7. The summed E-state index contributed by atoms with van der Waals surface area (Å²) in [6.45, 7) is -3.44. The van der Waals surface area contributed by atoms with Gasteiger partial charge in [-0.15, -0.1) is 0 Å². The predicted molar refractivity (Wildman–Crippen MR) is 117 cm³/mol. The van der Waals surface area contributed by atoms with E-state index in [0.717, 1.165) is 0 Å². The second kappa shape index (κ2) is 18.3. The van der Waals surface area contributed by atoms with Crippen molar-refractivity contribution in [2.24, 2.45) is 0 Å². The Morgan fingerprint density at radius 3 is 0.800 bits per heavy atom. The number of aliphatic hydroxyl groups excluding tert-OH is 15. The summed E-state index contributed by atoms with van der Waals surface area (Å²) >= 11 is -5.64. The molecule has 0 heterocycles. The van der Waals surface area contributed by atoms with E-state index in [1.54, 1.807) is 0 Å². The van der Waals surface area contributed by atoms with Crippen LogP contribution in [0.25, 0.3) is 0 Å². The Labute approximate surface area is 233 Å². The molecule has 0 saturated carbocycles. The van der Waals surface area contributed by atoms with Gasteiger partial charge in [0.15, 0.2) is 0 Å². The van der Waals surface area contributed by atoms with Gasteiger partial charge in [0.2, 0.25) is 0 Å². The summed E-state index contributed by atoms with van der Waals surface area (Å²) in [5.41, 5.74) is 0. The molecule has 0 aromatic rings. The second-order valence-corrected chi connectivity index (χ2v) is 11.9. The molecule has 0 radical (unpaired) electrons. The van der Waals surface area contributed by atoms with E-state index in [4.69, 9.17) is 15.3 Å². The summed E-state index contributed by atoms with van der Waals surface area (Å²) in [5, 5.41) is 142. The molecule has 0 unspecified atom stereocenters. The van der Waals surface area contributed by atoms with Crippen LogP contribution in [0.3, 0.4) is 0 Å². The van der Waals surface area contributed by atoms with Crippen molar-refractivity contribution < 1.29 is 99.4 Å². The third kappa shape index (κ3) is 11.2. The van der Waals surface area contributed by atoms with Gasteiger partial charge in [-0.3, -0.25) is 0 Å². The van der Waals surface area contributed by atoms with Crippen molar-refractivity contribution in [1.29, 1.82) is 0 Å². The quantitative estimate of drug-likeness (QED) is 0.0573. The van der Waals surface area contributed by atoms with E-state index in [9.17, 15) is 75.7 Å². The van der Waals surface area contributed by atoms with Crippen LogP contribution in [-0.4, -0.2) is 211 Å². The zero-order valence-corrected chi connectivity index (χ0v) is 23.6. The molecule has 15 N–H and O–H groups in total. The average Bonchev–Trinajstić information content (AvgIpc) is 2.95. The topological polar surface area (TPSA) is 382 Å². The molecule has 0 aromatic heterocycles. The molecule has 12 atom stereocenters. The zero-order chi connectivity index (χ0) is 31.5. The van der Waals surface area contributed by atoms with Gasteiger partial charge in [0.25, 0.3) is 0 Å². The van der Waals surface area contributed by atoms with Crippen LogP contribution >= 0.6 is 0 Å². The minimum atomic E-state index is -5.64. The van der Waals surface area contributed by atoms with Crippen molar-refractivity contribution >= 4 is 41.0 Å². The first-order valence-electron chi connectivity index (χ1n) is 10.9. The Bertz CT molecular complexity index is 687. The summed E-state index contributed by atoms with van der Waals surface area (Å²) in [6, 6.07) is 0. The fraction of sp³-hybridized carbons (Fsp3) is 0.833. The molecule has 0 aliphatic heterocycles. The summed E-state index contributed by atoms with van der Waals surface area (Å²) in [5.74, 6) is -6.06. The normalized spacial score (nSPS) is 21.0. The van der Waals surface area contributed by atoms with Crippen molar-refractivity contribution in [2.75, 3.05) is 19.8 Å². The standard InChI is InChI=1S/3C6H12O7.Bi/c3*7-1-2(8)3(9)4(10)5(11)6(12)13;/h3*2-5,7-11H,1H2,(H,12,13);/q;;;+3/p-3/t3*2-,3-,4+,5-;/m111./s1. The number of rotatable bonds is 18. The molecule has 22 heteroatoms. The summed E-state index contributed by atoms with van der Waals surface area (Å²) in [4.78, 5) is 36.6. The van der Waals surface area contributed by atoms with Gasteiger partial charge in [-0.1, -0.05) is 0 Å². The van der Waals surface area contributed by atoms with Crippen LogP contribution in [-0.2, 0) is 22.8 Å². The van der Waals surface area contributed by atoms with Crippen molar-refractivity contribution in [3.05, 3.63) is 0 Å². The Hall–Kier alpha value is -1.31. The van der Waals surface area contributed by atoms with Gasteiger partial charge in [-0.25, -0.2) is 0 Å². The van der Waals surface area contributed by atoms with Crippen LogP contribution in [0.4, 0.5) is 0 Å². The fourth-order valence-electron chi connectivity index (χ4n) is 2.42. The van der Waals surface area contributed by atoms with E-state index in [1.165, 1.54) is 0 Å². The van der Waals surface area contributed by atoms with E-state index in [1.807, 2.05) is 0 Å². The molecule has 0 aromatic carbocycles. The molecule has 0 aliphatic carbocycles. The molecule has 0 fully saturated rings. The van der Waals surface area contributed by atoms with Gasteiger partial charge in [0.05, 0.1) is 0 Å². The Morgan fingerprint density at radius 2 is 0.625 bits per heavy atom. The van der Waals surface area contributed by atoms with Gasteiger partial charge in [0, 0.05) is 0 Å². The third-order valence-corrected chi connectivity index (χ3v) is 8.82. The van der Waals surface area contributed by atoms with Crippen LogP contribution in [0.1, 0.15) is 0 Å². The predicted octanol–water partition coefficient (Wildman–Crippen LogP) is -11.1. The molecular formula is C18H33BiO21. The average molecular weight is 794 g/mol. The fourth-order valence-corrected chi connectivity index (χ4v) is 5.83. The van der Waals surface area contributed by atoms with E-state index in [2.05, 4.69) is 8.44 Å². The molecule has 0 bridgehead atoms. The molecular weight excluding hydrogens is 761 g/mol. The maximum absolute atomic E-state index is 12.2. The van der Waals surface area contributed by atoms with Crippen molar-refractivity contribution in [3.63, 3.8) is 0 Å². The molecule has 21 nitrogen and oxygen atoms in total. The SMILES string of the molecule is O=C([O][Bi]([O]C(=O)[C@H](O)[C@@H](O)[C@H](O)[C@H](O)CO)[O]C(=O)[C@H](O)[C@@H](O)[C@H](O)[C@H](O)CO)[C@H](O)[C@@H](O)[C@H](O)[C@H](O)CO. The first-order valence-corrected chi connectivity index (χ1v) is 15.2. The number of aliphatic hydroxyl groups is 15. The van der Waals surface area contributed by atoms with E-state index >= 15 is 0 Å². The van der Waals surface area contributed by atoms with Gasteiger partial charge in [-0.2, -0.15) is 0 Å². The van der Waals surface area contributed by atoms with Crippen molar-refractivity contribution in [1.82, 2.24) is 0 Å². The number of carbonyl (C=O) groups is 3. The van der Waals surface area contributed by atoms with Gasteiger partial charge in [0.1, 0.15) is 0 Å². The molecule has 40 heavy (non-hydrogen) atoms. The first kappa shape index (κ1) is 38.7. The molecule has 0 rings (SSSR count).